The van der Waals surface area contributed by atoms with Crippen molar-refractivity contribution in [3.63, 3.8) is 0 Å². The van der Waals surface area contributed by atoms with Gasteiger partial charge < -0.3 is 16.4 Å². The maximum absolute atomic E-state index is 13.9. The number of rotatable bonds is 8. The first kappa shape index (κ1) is 18.9. The van der Waals surface area contributed by atoms with Crippen LogP contribution in [0.15, 0.2) is 24.3 Å². The van der Waals surface area contributed by atoms with E-state index in [1.165, 1.54) is 12.1 Å². The van der Waals surface area contributed by atoms with E-state index in [-0.39, 0.29) is 23.9 Å². The molecule has 0 radical (unpaired) electrons. The number of halogens is 1. The van der Waals surface area contributed by atoms with E-state index in [1.54, 1.807) is 12.1 Å². The second kappa shape index (κ2) is 9.12. The minimum atomic E-state index is -0.793. The number of hydrogen-bond acceptors (Lipinski definition) is 2. The first-order valence-electron chi connectivity index (χ1n) is 7.89. The van der Waals surface area contributed by atoms with E-state index in [0.717, 1.165) is 12.8 Å². The molecule has 0 spiro atoms. The normalized spacial score (nSPS) is 13.4. The van der Waals surface area contributed by atoms with Gasteiger partial charge in [0.2, 0.25) is 5.91 Å². The molecule has 0 saturated heterocycles. The van der Waals surface area contributed by atoms with E-state index in [4.69, 9.17) is 5.73 Å². The number of nitrogens with two attached hydrogens (primary N) is 1. The molecule has 0 aromatic heterocycles. The van der Waals surface area contributed by atoms with Gasteiger partial charge in [-0.2, -0.15) is 0 Å². The van der Waals surface area contributed by atoms with Crippen molar-refractivity contribution in [2.75, 3.05) is 0 Å². The summed E-state index contributed by atoms with van der Waals surface area (Å²) in [7, 11) is 0. The van der Waals surface area contributed by atoms with Gasteiger partial charge in [0.15, 0.2) is 0 Å². The van der Waals surface area contributed by atoms with Crippen LogP contribution in [0.5, 0.6) is 0 Å². The molecule has 0 aliphatic rings. The lowest BCUT2D eigenvalue weighted by molar-refractivity contribution is -0.122. The van der Waals surface area contributed by atoms with Crippen molar-refractivity contribution in [3.8, 4) is 0 Å². The zero-order valence-electron chi connectivity index (χ0n) is 13.9. The fourth-order valence-corrected chi connectivity index (χ4v) is 2.34. The first-order valence-corrected chi connectivity index (χ1v) is 7.89. The summed E-state index contributed by atoms with van der Waals surface area (Å²) in [4.78, 5) is 23.3. The number of benzene rings is 1. The summed E-state index contributed by atoms with van der Waals surface area (Å²) >= 11 is 0. The van der Waals surface area contributed by atoms with Crippen LogP contribution in [0.25, 0.3) is 0 Å². The van der Waals surface area contributed by atoms with Crippen LogP contribution in [0.2, 0.25) is 0 Å². The Morgan fingerprint density at radius 2 is 1.78 bits per heavy atom. The average Bonchev–Trinajstić information content (AvgIpc) is 2.44. The lowest BCUT2D eigenvalue weighted by atomic mass is 10.0. The van der Waals surface area contributed by atoms with Crippen molar-refractivity contribution < 1.29 is 14.0 Å². The Balaban J connectivity index is 2.69. The molecule has 0 unspecified atom stereocenters. The van der Waals surface area contributed by atoms with Gasteiger partial charge >= 0.3 is 6.03 Å². The Bertz CT molecular complexity index is 534. The van der Waals surface area contributed by atoms with Crippen LogP contribution < -0.4 is 16.4 Å². The maximum atomic E-state index is 13.9. The number of nitrogens with one attached hydrogen (secondary N) is 2. The second-order valence-corrected chi connectivity index (χ2v) is 6.23. The molecule has 23 heavy (non-hydrogen) atoms. The summed E-state index contributed by atoms with van der Waals surface area (Å²) < 4.78 is 13.9. The topological polar surface area (TPSA) is 84.2 Å². The predicted octanol–water partition coefficient (Wildman–Crippen LogP) is 2.87. The van der Waals surface area contributed by atoms with Crippen LogP contribution in [0, 0.1) is 11.7 Å². The molecule has 128 valence electrons. The van der Waals surface area contributed by atoms with Crippen molar-refractivity contribution in [1.82, 2.24) is 10.6 Å². The fraction of sp³-hybridized carbons (Fsp3) is 0.529. The van der Waals surface area contributed by atoms with Gasteiger partial charge in [0.1, 0.15) is 5.82 Å². The van der Waals surface area contributed by atoms with Crippen LogP contribution in [0.3, 0.4) is 0 Å². The molecule has 3 amide bonds. The van der Waals surface area contributed by atoms with Crippen molar-refractivity contribution in [2.24, 2.45) is 11.7 Å². The van der Waals surface area contributed by atoms with Crippen LogP contribution in [-0.2, 0) is 4.79 Å². The molecule has 4 N–H and O–H groups in total. The third-order valence-corrected chi connectivity index (χ3v) is 3.57. The number of carbonyl (C=O) groups excluding carboxylic acids is 2. The van der Waals surface area contributed by atoms with Gasteiger partial charge in [-0.05, 0) is 31.7 Å². The van der Waals surface area contributed by atoms with Gasteiger partial charge in [0, 0.05) is 11.6 Å². The summed E-state index contributed by atoms with van der Waals surface area (Å²) in [5.41, 5.74) is 5.38. The van der Waals surface area contributed by atoms with Gasteiger partial charge in [-0.1, -0.05) is 32.0 Å². The molecule has 0 aliphatic carbocycles. The van der Waals surface area contributed by atoms with Crippen molar-refractivity contribution in [3.05, 3.63) is 35.6 Å². The highest BCUT2D eigenvalue weighted by atomic mass is 19.1. The van der Waals surface area contributed by atoms with E-state index in [2.05, 4.69) is 24.5 Å². The zero-order chi connectivity index (χ0) is 17.4. The van der Waals surface area contributed by atoms with E-state index < -0.39 is 17.9 Å². The van der Waals surface area contributed by atoms with Gasteiger partial charge in [-0.25, -0.2) is 9.18 Å². The number of primary amides is 1. The summed E-state index contributed by atoms with van der Waals surface area (Å²) in [6.45, 7) is 6.18. The fourth-order valence-electron chi connectivity index (χ4n) is 2.34. The quantitative estimate of drug-likeness (QED) is 0.687. The summed E-state index contributed by atoms with van der Waals surface area (Å²) in [5.74, 6) is -0.160. The number of carbonyl (C=O) groups is 2. The molecule has 1 rings (SSSR count). The van der Waals surface area contributed by atoms with Gasteiger partial charge in [0.25, 0.3) is 0 Å². The molecular formula is C17H26FN3O2. The highest BCUT2D eigenvalue weighted by Gasteiger charge is 2.21. The first-order chi connectivity index (χ1) is 10.8. The van der Waals surface area contributed by atoms with E-state index in [0.29, 0.717) is 5.92 Å². The van der Waals surface area contributed by atoms with Crippen LogP contribution in [-0.4, -0.2) is 18.0 Å². The molecule has 0 heterocycles. The summed E-state index contributed by atoms with van der Waals surface area (Å²) in [6.07, 6.45) is 1.82. The van der Waals surface area contributed by atoms with Crippen LogP contribution >= 0.6 is 0 Å². The standard InChI is InChI=1S/C17H26FN3O2/c1-11(2)8-9-12(3)20-16(22)10-15(21-17(19)23)13-6-4-5-7-14(13)18/h4-7,11-12,15H,8-10H2,1-3H3,(H,20,22)(H3,19,21,23)/t12-,15+/m1/s1. The molecule has 0 aliphatic heterocycles. The minimum absolute atomic E-state index is 0.0275. The van der Waals surface area contributed by atoms with Crippen molar-refractivity contribution in [2.45, 2.75) is 52.1 Å². The average molecular weight is 323 g/mol. The highest BCUT2D eigenvalue weighted by molar-refractivity contribution is 5.79. The summed E-state index contributed by atoms with van der Waals surface area (Å²) in [6, 6.07) is 4.47. The number of amides is 3. The Kier molecular flexibility index (Phi) is 7.51. The second-order valence-electron chi connectivity index (χ2n) is 6.23. The molecule has 0 saturated carbocycles. The van der Waals surface area contributed by atoms with Gasteiger partial charge in [-0.15, -0.1) is 0 Å². The maximum Gasteiger partial charge on any atom is 0.312 e. The third-order valence-electron chi connectivity index (χ3n) is 3.57. The third kappa shape index (κ3) is 7.13. The zero-order valence-corrected chi connectivity index (χ0v) is 13.9. The molecule has 1 aromatic rings. The number of urea groups is 1. The molecule has 6 heteroatoms. The Hall–Kier alpha value is -2.11. The molecule has 5 nitrogen and oxygen atoms in total. The van der Waals surface area contributed by atoms with E-state index >= 15 is 0 Å². The SMILES string of the molecule is CC(C)CC[C@@H](C)NC(=O)C[C@H](NC(N)=O)c1ccccc1F. The predicted molar refractivity (Wildman–Crippen MR) is 88.2 cm³/mol. The molecule has 0 bridgehead atoms. The lowest BCUT2D eigenvalue weighted by Crippen LogP contribution is -2.39. The number of hydrogen-bond donors (Lipinski definition) is 3. The molecule has 2 atom stereocenters. The van der Waals surface area contributed by atoms with Gasteiger partial charge in [0.05, 0.1) is 12.5 Å². The molecule has 0 fully saturated rings. The lowest BCUT2D eigenvalue weighted by Gasteiger charge is -2.20. The van der Waals surface area contributed by atoms with Gasteiger partial charge in [-0.3, -0.25) is 4.79 Å². The largest absolute Gasteiger partial charge is 0.354 e. The smallest absolute Gasteiger partial charge is 0.312 e. The van der Waals surface area contributed by atoms with Crippen molar-refractivity contribution in [1.29, 1.82) is 0 Å². The summed E-state index contributed by atoms with van der Waals surface area (Å²) in [5, 5.41) is 5.30. The Morgan fingerprint density at radius 3 is 2.35 bits per heavy atom. The molecular weight excluding hydrogens is 297 g/mol. The monoisotopic (exact) mass is 323 g/mol. The van der Waals surface area contributed by atoms with Crippen LogP contribution in [0.4, 0.5) is 9.18 Å². The minimum Gasteiger partial charge on any atom is -0.354 e. The van der Waals surface area contributed by atoms with Crippen molar-refractivity contribution >= 4 is 11.9 Å². The van der Waals surface area contributed by atoms with Crippen LogP contribution in [0.1, 0.15) is 51.6 Å². The highest BCUT2D eigenvalue weighted by Crippen LogP contribution is 2.20. The molecule has 1 aromatic carbocycles. The van der Waals surface area contributed by atoms with E-state index in [1.807, 2.05) is 6.92 Å². The Labute approximate surface area is 136 Å². The Morgan fingerprint density at radius 1 is 1.13 bits per heavy atom. The van der Waals surface area contributed by atoms with E-state index in [9.17, 15) is 14.0 Å².